The second-order valence-electron chi connectivity index (χ2n) is 8.35. The number of hydrogen-bond acceptors (Lipinski definition) is 3. The summed E-state index contributed by atoms with van der Waals surface area (Å²) >= 11 is 6.12. The highest BCUT2D eigenvalue weighted by molar-refractivity contribution is 6.30. The van der Waals surface area contributed by atoms with E-state index in [2.05, 4.69) is 50.4 Å². The van der Waals surface area contributed by atoms with Crippen molar-refractivity contribution >= 4 is 22.9 Å². The zero-order chi connectivity index (χ0) is 21.5. The Morgan fingerprint density at radius 1 is 0.967 bits per heavy atom. The molecule has 0 fully saturated rings. The average molecular weight is 419 g/mol. The van der Waals surface area contributed by atoms with E-state index in [0.29, 0.717) is 5.02 Å². The molecule has 0 saturated carbocycles. The molecular weight excluding hydrogens is 392 g/mol. The first-order valence-corrected chi connectivity index (χ1v) is 10.5. The van der Waals surface area contributed by atoms with E-state index in [0.717, 1.165) is 39.3 Å². The summed E-state index contributed by atoms with van der Waals surface area (Å²) in [5, 5.41) is 4.34. The molecular formula is C26H27ClN2O. The largest absolute Gasteiger partial charge is 0.496 e. The molecule has 1 unspecified atom stereocenters. The molecule has 154 valence electrons. The van der Waals surface area contributed by atoms with Crippen LogP contribution in [0.15, 0.2) is 66.7 Å². The second-order valence-corrected chi connectivity index (χ2v) is 8.79. The van der Waals surface area contributed by atoms with Gasteiger partial charge in [0.2, 0.25) is 0 Å². The topological polar surface area (TPSA) is 47.3 Å². The smallest absolute Gasteiger partial charge is 0.126 e. The van der Waals surface area contributed by atoms with E-state index in [-0.39, 0.29) is 11.6 Å². The van der Waals surface area contributed by atoms with Crippen molar-refractivity contribution in [2.75, 3.05) is 12.4 Å². The van der Waals surface area contributed by atoms with E-state index in [1.54, 1.807) is 7.11 Å². The number of rotatable bonds is 4. The number of ether oxygens (including phenoxy) is 1. The Hall–Kier alpha value is -2.75. The van der Waals surface area contributed by atoms with E-state index >= 15 is 0 Å². The van der Waals surface area contributed by atoms with Crippen LogP contribution in [0.5, 0.6) is 5.75 Å². The standard InChI is InChI=1S/C26H27ClN2O/c1-16-15-26(2,3)29-21-14-13-20(19-7-5-6-8-22(19)30-4)24(23(16)21)25(28)17-9-11-18(27)12-10-17/h5-15,25,29H,28H2,1-4H3. The first-order chi connectivity index (χ1) is 14.3. The van der Waals surface area contributed by atoms with Crippen LogP contribution in [0.3, 0.4) is 0 Å². The van der Waals surface area contributed by atoms with Gasteiger partial charge in [-0.2, -0.15) is 0 Å². The fourth-order valence-electron chi connectivity index (χ4n) is 4.41. The second kappa shape index (κ2) is 7.82. The fourth-order valence-corrected chi connectivity index (χ4v) is 4.53. The summed E-state index contributed by atoms with van der Waals surface area (Å²) < 4.78 is 5.67. The highest BCUT2D eigenvalue weighted by atomic mass is 35.5. The van der Waals surface area contributed by atoms with Crippen LogP contribution in [0.4, 0.5) is 5.69 Å². The Morgan fingerprint density at radius 3 is 2.37 bits per heavy atom. The van der Waals surface area contributed by atoms with Crippen LogP contribution in [0, 0.1) is 0 Å². The molecule has 1 heterocycles. The molecule has 1 atom stereocenters. The number of methoxy groups -OCH3 is 1. The van der Waals surface area contributed by atoms with Gasteiger partial charge in [-0.25, -0.2) is 0 Å². The van der Waals surface area contributed by atoms with Gasteiger partial charge in [0, 0.05) is 21.8 Å². The van der Waals surface area contributed by atoms with Gasteiger partial charge >= 0.3 is 0 Å². The lowest BCUT2D eigenvalue weighted by Gasteiger charge is -2.34. The van der Waals surface area contributed by atoms with Gasteiger partial charge in [0.05, 0.1) is 18.7 Å². The highest BCUT2D eigenvalue weighted by Crippen LogP contribution is 2.45. The maximum Gasteiger partial charge on any atom is 0.126 e. The molecule has 3 N–H and O–H groups in total. The zero-order valence-corrected chi connectivity index (χ0v) is 18.5. The monoisotopic (exact) mass is 418 g/mol. The van der Waals surface area contributed by atoms with Gasteiger partial charge in [0.1, 0.15) is 5.75 Å². The Balaban J connectivity index is 2.00. The molecule has 0 spiro atoms. The summed E-state index contributed by atoms with van der Waals surface area (Å²) in [5.41, 5.74) is 14.4. The van der Waals surface area contributed by atoms with Crippen molar-refractivity contribution in [1.82, 2.24) is 0 Å². The average Bonchev–Trinajstić information content (AvgIpc) is 2.72. The first kappa shape index (κ1) is 20.5. The summed E-state index contributed by atoms with van der Waals surface area (Å²) in [6, 6.07) is 19.8. The molecule has 0 saturated heterocycles. The van der Waals surface area contributed by atoms with Gasteiger partial charge < -0.3 is 15.8 Å². The maximum absolute atomic E-state index is 6.91. The lowest BCUT2D eigenvalue weighted by Crippen LogP contribution is -2.32. The Kier molecular flexibility index (Phi) is 5.35. The fraction of sp³-hybridized carbons (Fsp3) is 0.231. The SMILES string of the molecule is COc1ccccc1-c1ccc2c(c1C(N)c1ccc(Cl)cc1)C(C)=CC(C)(C)N2. The van der Waals surface area contributed by atoms with Gasteiger partial charge in [-0.3, -0.25) is 0 Å². The minimum Gasteiger partial charge on any atom is -0.496 e. The first-order valence-electron chi connectivity index (χ1n) is 10.1. The van der Waals surface area contributed by atoms with E-state index in [1.165, 1.54) is 5.57 Å². The normalized spacial score (nSPS) is 15.6. The Bertz CT molecular complexity index is 1120. The molecule has 0 aromatic heterocycles. The van der Waals surface area contributed by atoms with Gasteiger partial charge in [0.15, 0.2) is 0 Å². The number of benzene rings is 3. The molecule has 3 nitrogen and oxygen atoms in total. The number of nitrogens with two attached hydrogens (primary N) is 1. The minimum absolute atomic E-state index is 0.120. The molecule has 0 amide bonds. The number of allylic oxidation sites excluding steroid dienone is 1. The molecule has 4 heteroatoms. The predicted octanol–water partition coefficient (Wildman–Crippen LogP) is 6.67. The predicted molar refractivity (Wildman–Crippen MR) is 127 cm³/mol. The van der Waals surface area contributed by atoms with Crippen LogP contribution >= 0.6 is 11.6 Å². The lowest BCUT2D eigenvalue weighted by molar-refractivity contribution is 0.416. The number of fused-ring (bicyclic) bond motifs is 1. The van der Waals surface area contributed by atoms with Crippen LogP contribution in [0.1, 0.15) is 43.5 Å². The number of hydrogen-bond donors (Lipinski definition) is 2. The van der Waals surface area contributed by atoms with Crippen molar-refractivity contribution in [1.29, 1.82) is 0 Å². The van der Waals surface area contributed by atoms with Crippen LogP contribution in [0.2, 0.25) is 5.02 Å². The summed E-state index contributed by atoms with van der Waals surface area (Å²) in [6.07, 6.45) is 2.26. The third-order valence-corrected chi connectivity index (χ3v) is 5.86. The maximum atomic E-state index is 6.91. The molecule has 0 aliphatic carbocycles. The van der Waals surface area contributed by atoms with Gasteiger partial charge in [0.25, 0.3) is 0 Å². The zero-order valence-electron chi connectivity index (χ0n) is 17.8. The number of para-hydroxylation sites is 1. The van der Waals surface area contributed by atoms with Crippen LogP contribution in [0.25, 0.3) is 16.7 Å². The highest BCUT2D eigenvalue weighted by Gasteiger charge is 2.29. The molecule has 0 radical (unpaired) electrons. The molecule has 4 rings (SSSR count). The van der Waals surface area contributed by atoms with Crippen molar-refractivity contribution < 1.29 is 4.74 Å². The lowest BCUT2D eigenvalue weighted by atomic mass is 9.81. The Labute approximate surface area is 183 Å². The Morgan fingerprint density at radius 2 is 1.67 bits per heavy atom. The number of halogens is 1. The third kappa shape index (κ3) is 3.71. The van der Waals surface area contributed by atoms with Gasteiger partial charge in [-0.05, 0) is 67.3 Å². The minimum atomic E-state index is -0.316. The number of nitrogens with one attached hydrogen (secondary N) is 1. The molecule has 30 heavy (non-hydrogen) atoms. The quantitative estimate of drug-likeness (QED) is 0.497. The van der Waals surface area contributed by atoms with Gasteiger partial charge in [-0.1, -0.05) is 54.1 Å². The van der Waals surface area contributed by atoms with Crippen LogP contribution in [-0.2, 0) is 0 Å². The molecule has 1 aliphatic rings. The van der Waals surface area contributed by atoms with Crippen molar-refractivity contribution in [3.05, 3.63) is 88.5 Å². The number of anilines is 1. The van der Waals surface area contributed by atoms with E-state index in [4.69, 9.17) is 22.1 Å². The van der Waals surface area contributed by atoms with Crippen LogP contribution < -0.4 is 15.8 Å². The van der Waals surface area contributed by atoms with Gasteiger partial charge in [-0.15, -0.1) is 0 Å². The van der Waals surface area contributed by atoms with Crippen molar-refractivity contribution in [2.45, 2.75) is 32.4 Å². The molecule has 3 aromatic carbocycles. The van der Waals surface area contributed by atoms with E-state index in [9.17, 15) is 0 Å². The summed E-state index contributed by atoms with van der Waals surface area (Å²) in [7, 11) is 1.70. The van der Waals surface area contributed by atoms with Crippen molar-refractivity contribution in [3.63, 3.8) is 0 Å². The molecule has 3 aromatic rings. The summed E-state index contributed by atoms with van der Waals surface area (Å²) in [4.78, 5) is 0. The summed E-state index contributed by atoms with van der Waals surface area (Å²) in [5.74, 6) is 0.827. The molecule has 0 bridgehead atoms. The van der Waals surface area contributed by atoms with Crippen LogP contribution in [-0.4, -0.2) is 12.6 Å². The third-order valence-electron chi connectivity index (χ3n) is 5.61. The summed E-state index contributed by atoms with van der Waals surface area (Å²) in [6.45, 7) is 6.50. The van der Waals surface area contributed by atoms with Crippen molar-refractivity contribution in [3.8, 4) is 16.9 Å². The van der Waals surface area contributed by atoms with E-state index < -0.39 is 0 Å². The van der Waals surface area contributed by atoms with E-state index in [1.807, 2.05) is 42.5 Å². The van der Waals surface area contributed by atoms with Crippen molar-refractivity contribution in [2.24, 2.45) is 5.73 Å². The molecule has 1 aliphatic heterocycles.